The molecule has 6 heteroatoms. The zero-order valence-electron chi connectivity index (χ0n) is 10.7. The zero-order chi connectivity index (χ0) is 14.0. The van der Waals surface area contributed by atoms with Gasteiger partial charge in [-0.3, -0.25) is 15.1 Å². The second-order valence-corrected chi connectivity index (χ2v) is 5.68. The van der Waals surface area contributed by atoms with Crippen LogP contribution in [-0.2, 0) is 4.79 Å². The van der Waals surface area contributed by atoms with Gasteiger partial charge in [0, 0.05) is 6.54 Å². The third-order valence-electron chi connectivity index (χ3n) is 2.68. The Kier molecular flexibility index (Phi) is 4.19. The number of benzene rings is 1. The van der Waals surface area contributed by atoms with Gasteiger partial charge in [-0.1, -0.05) is 19.9 Å². The van der Waals surface area contributed by atoms with Gasteiger partial charge in [0.15, 0.2) is 5.96 Å². The number of halogens is 2. The van der Waals surface area contributed by atoms with Crippen LogP contribution in [0.3, 0.4) is 0 Å². The van der Waals surface area contributed by atoms with E-state index in [2.05, 4.69) is 45.4 Å². The molecule has 0 aromatic heterocycles. The number of hydrogen-bond acceptors (Lipinski definition) is 2. The van der Waals surface area contributed by atoms with Crippen LogP contribution in [0.25, 0.3) is 0 Å². The fraction of sp³-hybridized carbons (Fsp3) is 0.385. The Hall–Kier alpha value is -1.43. The third-order valence-corrected chi connectivity index (χ3v) is 3.28. The first-order valence-corrected chi connectivity index (χ1v) is 6.83. The van der Waals surface area contributed by atoms with Gasteiger partial charge in [0.05, 0.1) is 4.47 Å². The van der Waals surface area contributed by atoms with E-state index in [0.717, 1.165) is 0 Å². The smallest absolute Gasteiger partial charge is 0.253 e. The minimum atomic E-state index is -0.525. The highest BCUT2D eigenvalue weighted by atomic mass is 79.9. The van der Waals surface area contributed by atoms with Gasteiger partial charge in [-0.05, 0) is 39.5 Å². The molecule has 102 valence electrons. The van der Waals surface area contributed by atoms with E-state index in [1.807, 2.05) is 0 Å². The molecular formula is C13H15BrFN3O. The molecule has 19 heavy (non-hydrogen) atoms. The van der Waals surface area contributed by atoms with E-state index in [1.165, 1.54) is 6.07 Å². The Morgan fingerprint density at radius 3 is 2.84 bits per heavy atom. The maximum Gasteiger partial charge on any atom is 0.253 e. The van der Waals surface area contributed by atoms with Crippen molar-refractivity contribution in [2.24, 2.45) is 10.9 Å². The Labute approximate surface area is 119 Å². The number of nitrogens with zero attached hydrogens (tertiary/aromatic N) is 1. The second-order valence-electron chi connectivity index (χ2n) is 4.82. The number of amides is 1. The minimum absolute atomic E-state index is 0.180. The number of nitrogens with one attached hydrogen (secondary N) is 2. The van der Waals surface area contributed by atoms with Gasteiger partial charge in [-0.2, -0.15) is 0 Å². The standard InChI is InChI=1S/C13H15BrFN3O/c1-7(2)6-16-13-17-11(12(19)18-13)8-3-4-10(15)9(14)5-8/h3-5,7,11H,6H2,1-2H3,(H2,16,17,18,19). The van der Waals surface area contributed by atoms with Crippen molar-refractivity contribution in [1.29, 1.82) is 0 Å². The average molecular weight is 328 g/mol. The molecule has 1 aromatic carbocycles. The van der Waals surface area contributed by atoms with Crippen molar-refractivity contribution in [3.8, 4) is 0 Å². The molecule has 1 aromatic rings. The summed E-state index contributed by atoms with van der Waals surface area (Å²) in [6.45, 7) is 4.74. The summed E-state index contributed by atoms with van der Waals surface area (Å²) in [5.41, 5.74) is 0.695. The number of rotatable bonds is 3. The first kappa shape index (κ1) is 14.0. The van der Waals surface area contributed by atoms with Crippen LogP contribution in [0.5, 0.6) is 0 Å². The van der Waals surface area contributed by atoms with Gasteiger partial charge >= 0.3 is 0 Å². The molecule has 1 aliphatic rings. The van der Waals surface area contributed by atoms with Gasteiger partial charge in [0.25, 0.3) is 5.91 Å². The highest BCUT2D eigenvalue weighted by Crippen LogP contribution is 2.23. The Morgan fingerprint density at radius 1 is 1.47 bits per heavy atom. The molecule has 1 unspecified atom stereocenters. The van der Waals surface area contributed by atoms with E-state index in [0.29, 0.717) is 28.5 Å². The summed E-state index contributed by atoms with van der Waals surface area (Å²) in [6.07, 6.45) is 0. The third kappa shape index (κ3) is 3.32. The summed E-state index contributed by atoms with van der Waals surface area (Å²) >= 11 is 3.11. The molecule has 1 saturated heterocycles. The van der Waals surface area contributed by atoms with E-state index in [-0.39, 0.29) is 11.7 Å². The molecule has 0 radical (unpaired) electrons. The van der Waals surface area contributed by atoms with Crippen molar-refractivity contribution >= 4 is 27.8 Å². The van der Waals surface area contributed by atoms with Crippen molar-refractivity contribution < 1.29 is 9.18 Å². The minimum Gasteiger partial charge on any atom is -0.340 e. The van der Waals surface area contributed by atoms with Crippen LogP contribution < -0.4 is 10.6 Å². The molecule has 1 aliphatic heterocycles. The average Bonchev–Trinajstić information content (AvgIpc) is 2.72. The summed E-state index contributed by atoms with van der Waals surface area (Å²) in [4.78, 5) is 16.1. The van der Waals surface area contributed by atoms with Crippen LogP contribution >= 0.6 is 15.9 Å². The number of aliphatic imine (C=N–C) groups is 1. The Bertz CT molecular complexity index is 531. The van der Waals surface area contributed by atoms with E-state index < -0.39 is 6.04 Å². The maximum absolute atomic E-state index is 13.2. The molecule has 2 N–H and O–H groups in total. The van der Waals surface area contributed by atoms with Crippen molar-refractivity contribution in [3.05, 3.63) is 34.1 Å². The summed E-state index contributed by atoms with van der Waals surface area (Å²) in [6, 6.07) is 3.99. The summed E-state index contributed by atoms with van der Waals surface area (Å²) in [5.74, 6) is 0.367. The summed E-state index contributed by atoms with van der Waals surface area (Å²) in [5, 5.41) is 5.69. The van der Waals surface area contributed by atoms with Gasteiger partial charge in [0.1, 0.15) is 11.9 Å². The first-order valence-electron chi connectivity index (χ1n) is 6.04. The molecule has 1 atom stereocenters. The monoisotopic (exact) mass is 327 g/mol. The van der Waals surface area contributed by atoms with Gasteiger partial charge in [-0.15, -0.1) is 0 Å². The van der Waals surface area contributed by atoms with E-state index in [1.54, 1.807) is 12.1 Å². The van der Waals surface area contributed by atoms with Crippen LogP contribution in [0.1, 0.15) is 25.5 Å². The molecule has 1 heterocycles. The van der Waals surface area contributed by atoms with Crippen molar-refractivity contribution in [2.75, 3.05) is 6.54 Å². The Balaban J connectivity index is 2.15. The molecule has 0 bridgehead atoms. The quantitative estimate of drug-likeness (QED) is 0.895. The topological polar surface area (TPSA) is 53.5 Å². The predicted octanol–water partition coefficient (Wildman–Crippen LogP) is 2.36. The number of guanidine groups is 1. The summed E-state index contributed by atoms with van der Waals surface area (Å²) in [7, 11) is 0. The van der Waals surface area contributed by atoms with Crippen LogP contribution in [0.2, 0.25) is 0 Å². The summed E-state index contributed by atoms with van der Waals surface area (Å²) < 4.78 is 13.5. The lowest BCUT2D eigenvalue weighted by molar-refractivity contribution is -0.120. The molecule has 0 spiro atoms. The molecule has 4 nitrogen and oxygen atoms in total. The van der Waals surface area contributed by atoms with Crippen LogP contribution in [0.4, 0.5) is 4.39 Å². The van der Waals surface area contributed by atoms with E-state index >= 15 is 0 Å². The highest BCUT2D eigenvalue weighted by Gasteiger charge is 2.29. The van der Waals surface area contributed by atoms with Crippen LogP contribution in [0.15, 0.2) is 27.7 Å². The van der Waals surface area contributed by atoms with Gasteiger partial charge in [-0.25, -0.2) is 4.39 Å². The van der Waals surface area contributed by atoms with Crippen molar-refractivity contribution in [2.45, 2.75) is 19.9 Å². The zero-order valence-corrected chi connectivity index (χ0v) is 12.3. The number of carbonyl (C=O) groups is 1. The molecule has 0 aliphatic carbocycles. The molecule has 0 saturated carbocycles. The lowest BCUT2D eigenvalue weighted by Gasteiger charge is -2.09. The van der Waals surface area contributed by atoms with E-state index in [4.69, 9.17) is 0 Å². The fourth-order valence-corrected chi connectivity index (χ4v) is 2.11. The molecule has 1 fully saturated rings. The molecular weight excluding hydrogens is 313 g/mol. The van der Waals surface area contributed by atoms with Crippen LogP contribution in [-0.4, -0.2) is 18.4 Å². The predicted molar refractivity (Wildman–Crippen MR) is 75.3 cm³/mol. The van der Waals surface area contributed by atoms with Crippen LogP contribution in [0, 0.1) is 11.7 Å². The second kappa shape index (κ2) is 5.69. The first-order chi connectivity index (χ1) is 8.97. The fourth-order valence-electron chi connectivity index (χ4n) is 1.71. The molecule has 2 rings (SSSR count). The van der Waals surface area contributed by atoms with Gasteiger partial charge < -0.3 is 5.32 Å². The maximum atomic E-state index is 13.2. The highest BCUT2D eigenvalue weighted by molar-refractivity contribution is 9.10. The number of hydrogen-bond donors (Lipinski definition) is 2. The van der Waals surface area contributed by atoms with Crippen molar-refractivity contribution in [1.82, 2.24) is 10.6 Å². The lowest BCUT2D eigenvalue weighted by Crippen LogP contribution is -2.26. The lowest BCUT2D eigenvalue weighted by atomic mass is 10.1. The SMILES string of the molecule is CC(C)CN=C1NC(=O)C(c2ccc(F)c(Br)c2)N1. The van der Waals surface area contributed by atoms with Gasteiger partial charge in [0.2, 0.25) is 0 Å². The normalized spacial score (nSPS) is 20.8. The Morgan fingerprint density at radius 2 is 2.21 bits per heavy atom. The van der Waals surface area contributed by atoms with Crippen molar-refractivity contribution in [3.63, 3.8) is 0 Å². The van der Waals surface area contributed by atoms with E-state index in [9.17, 15) is 9.18 Å². The largest absolute Gasteiger partial charge is 0.340 e. The molecule has 1 amide bonds. The number of carbonyl (C=O) groups excluding carboxylic acids is 1.